The molecular weight excluding hydrogens is 232 g/mol. The van der Waals surface area contributed by atoms with Crippen LogP contribution in [0.2, 0.25) is 0 Å². The highest BCUT2D eigenvalue weighted by molar-refractivity contribution is 5.77. The number of anilines is 1. The van der Waals surface area contributed by atoms with Crippen LogP contribution in [0.3, 0.4) is 0 Å². The summed E-state index contributed by atoms with van der Waals surface area (Å²) in [6.45, 7) is 4.17. The molecule has 0 aromatic heterocycles. The van der Waals surface area contributed by atoms with E-state index in [1.165, 1.54) is 0 Å². The van der Waals surface area contributed by atoms with Gasteiger partial charge in [0.05, 0.1) is 6.61 Å². The van der Waals surface area contributed by atoms with Gasteiger partial charge in [-0.05, 0) is 26.0 Å². The summed E-state index contributed by atoms with van der Waals surface area (Å²) in [5, 5.41) is 2.76. The Morgan fingerprint density at radius 1 is 1.50 bits per heavy atom. The number of rotatable bonds is 6. The molecule has 1 unspecified atom stereocenters. The second kappa shape index (κ2) is 6.86. The van der Waals surface area contributed by atoms with E-state index in [2.05, 4.69) is 5.32 Å². The largest absolute Gasteiger partial charge is 0.483 e. The van der Waals surface area contributed by atoms with Crippen LogP contribution in [0, 0.1) is 6.92 Å². The highest BCUT2D eigenvalue weighted by Crippen LogP contribution is 2.22. The molecule has 0 heterocycles. The number of nitrogens with one attached hydrogen (secondary N) is 1. The van der Waals surface area contributed by atoms with Crippen molar-refractivity contribution in [3.05, 3.63) is 23.8 Å². The molecule has 0 saturated heterocycles. The maximum absolute atomic E-state index is 11.6. The Hall–Kier alpha value is -1.75. The molecule has 0 saturated carbocycles. The van der Waals surface area contributed by atoms with Crippen LogP contribution in [0.4, 0.5) is 5.69 Å². The van der Waals surface area contributed by atoms with Crippen LogP contribution >= 0.6 is 0 Å². The van der Waals surface area contributed by atoms with Gasteiger partial charge in [0, 0.05) is 24.4 Å². The van der Waals surface area contributed by atoms with Crippen molar-refractivity contribution < 1.29 is 14.3 Å². The lowest BCUT2D eigenvalue weighted by molar-refractivity contribution is -0.124. The first-order chi connectivity index (χ1) is 8.54. The molecule has 100 valence electrons. The molecule has 0 bridgehead atoms. The first-order valence-electron chi connectivity index (χ1n) is 5.80. The van der Waals surface area contributed by atoms with Crippen LogP contribution in [-0.4, -0.2) is 32.3 Å². The van der Waals surface area contributed by atoms with E-state index >= 15 is 0 Å². The van der Waals surface area contributed by atoms with Crippen molar-refractivity contribution in [2.24, 2.45) is 0 Å². The highest BCUT2D eigenvalue weighted by atomic mass is 16.5. The van der Waals surface area contributed by atoms with Gasteiger partial charge >= 0.3 is 0 Å². The predicted molar refractivity (Wildman–Crippen MR) is 70.6 cm³/mol. The zero-order chi connectivity index (χ0) is 13.5. The number of nitrogen functional groups attached to an aromatic ring is 1. The summed E-state index contributed by atoms with van der Waals surface area (Å²) in [6, 6.07) is 5.34. The van der Waals surface area contributed by atoms with Crippen molar-refractivity contribution in [3.8, 4) is 5.75 Å². The maximum atomic E-state index is 11.6. The van der Waals surface area contributed by atoms with E-state index in [1.54, 1.807) is 25.3 Å². The molecule has 5 nitrogen and oxygen atoms in total. The molecular formula is C13H20N2O3. The Morgan fingerprint density at radius 3 is 2.89 bits per heavy atom. The van der Waals surface area contributed by atoms with E-state index in [9.17, 15) is 4.79 Å². The normalized spacial score (nSPS) is 11.9. The molecule has 1 atom stereocenters. The van der Waals surface area contributed by atoms with Gasteiger partial charge in [-0.1, -0.05) is 6.07 Å². The summed E-state index contributed by atoms with van der Waals surface area (Å²) in [5.41, 5.74) is 7.25. The molecule has 18 heavy (non-hydrogen) atoms. The first kappa shape index (κ1) is 14.3. The van der Waals surface area contributed by atoms with Crippen LogP contribution in [0.25, 0.3) is 0 Å². The predicted octanol–water partition coefficient (Wildman–Crippen LogP) is 1.11. The van der Waals surface area contributed by atoms with E-state index in [1.807, 2.05) is 13.8 Å². The maximum Gasteiger partial charge on any atom is 0.258 e. The number of hydrogen-bond donors (Lipinski definition) is 2. The van der Waals surface area contributed by atoms with Gasteiger partial charge in [-0.3, -0.25) is 4.79 Å². The number of ether oxygens (including phenoxy) is 2. The van der Waals surface area contributed by atoms with Crippen molar-refractivity contribution in [1.29, 1.82) is 0 Å². The van der Waals surface area contributed by atoms with E-state index in [0.29, 0.717) is 18.0 Å². The third kappa shape index (κ3) is 4.25. The topological polar surface area (TPSA) is 73.6 Å². The van der Waals surface area contributed by atoms with E-state index < -0.39 is 0 Å². The number of carbonyl (C=O) groups excluding carboxylic acids is 1. The van der Waals surface area contributed by atoms with E-state index in [-0.39, 0.29) is 18.6 Å². The third-order valence-electron chi connectivity index (χ3n) is 2.51. The lowest BCUT2D eigenvalue weighted by atomic mass is 10.2. The summed E-state index contributed by atoms with van der Waals surface area (Å²) in [5.74, 6) is 0.450. The monoisotopic (exact) mass is 252 g/mol. The number of methoxy groups -OCH3 is 1. The first-order valence-corrected chi connectivity index (χ1v) is 5.80. The average molecular weight is 252 g/mol. The van der Waals surface area contributed by atoms with Crippen LogP contribution in [0.5, 0.6) is 5.75 Å². The van der Waals surface area contributed by atoms with Gasteiger partial charge in [0.15, 0.2) is 6.61 Å². The van der Waals surface area contributed by atoms with Gasteiger partial charge in [0.25, 0.3) is 5.91 Å². The van der Waals surface area contributed by atoms with Gasteiger partial charge in [-0.15, -0.1) is 0 Å². The minimum Gasteiger partial charge on any atom is -0.483 e. The fraction of sp³-hybridized carbons (Fsp3) is 0.462. The minimum absolute atomic E-state index is 0.0294. The smallest absolute Gasteiger partial charge is 0.258 e. The van der Waals surface area contributed by atoms with E-state index in [0.717, 1.165) is 5.56 Å². The second-order valence-corrected chi connectivity index (χ2v) is 4.18. The second-order valence-electron chi connectivity index (χ2n) is 4.18. The summed E-state index contributed by atoms with van der Waals surface area (Å²) in [4.78, 5) is 11.6. The Morgan fingerprint density at radius 2 is 2.22 bits per heavy atom. The highest BCUT2D eigenvalue weighted by Gasteiger charge is 2.09. The molecule has 0 fully saturated rings. The summed E-state index contributed by atoms with van der Waals surface area (Å²) < 4.78 is 10.4. The Balaban J connectivity index is 2.45. The SMILES string of the molecule is COCC(C)NC(=O)COc1cccc(N)c1C. The van der Waals surface area contributed by atoms with Crippen LogP contribution in [0.15, 0.2) is 18.2 Å². The molecule has 0 aliphatic rings. The standard InChI is InChI=1S/C13H20N2O3/c1-9(7-17-3)15-13(16)8-18-12-6-4-5-11(14)10(12)2/h4-6,9H,7-8,14H2,1-3H3,(H,15,16). The van der Waals surface area contributed by atoms with Gasteiger partial charge in [-0.25, -0.2) is 0 Å². The molecule has 5 heteroatoms. The number of nitrogens with two attached hydrogens (primary N) is 1. The number of benzene rings is 1. The van der Waals surface area contributed by atoms with Gasteiger partial charge in [0.2, 0.25) is 0 Å². The molecule has 0 aliphatic heterocycles. The molecule has 1 aromatic carbocycles. The average Bonchev–Trinajstić information content (AvgIpc) is 2.31. The molecule has 1 amide bonds. The van der Waals surface area contributed by atoms with Crippen molar-refractivity contribution >= 4 is 11.6 Å². The number of carbonyl (C=O) groups is 1. The fourth-order valence-corrected chi connectivity index (χ4v) is 1.54. The zero-order valence-electron chi connectivity index (χ0n) is 11.0. The number of hydrogen-bond acceptors (Lipinski definition) is 4. The van der Waals surface area contributed by atoms with Gasteiger partial charge < -0.3 is 20.5 Å². The lowest BCUT2D eigenvalue weighted by Crippen LogP contribution is -2.38. The zero-order valence-corrected chi connectivity index (χ0v) is 11.0. The Bertz CT molecular complexity index is 407. The summed E-state index contributed by atoms with van der Waals surface area (Å²) >= 11 is 0. The molecule has 0 radical (unpaired) electrons. The molecule has 0 aliphatic carbocycles. The third-order valence-corrected chi connectivity index (χ3v) is 2.51. The van der Waals surface area contributed by atoms with Crippen molar-refractivity contribution in [1.82, 2.24) is 5.32 Å². The summed E-state index contributed by atoms with van der Waals surface area (Å²) in [7, 11) is 1.59. The molecule has 1 rings (SSSR count). The Kier molecular flexibility index (Phi) is 5.45. The lowest BCUT2D eigenvalue weighted by Gasteiger charge is -2.14. The van der Waals surface area contributed by atoms with Gasteiger partial charge in [-0.2, -0.15) is 0 Å². The number of amides is 1. The van der Waals surface area contributed by atoms with Crippen LogP contribution < -0.4 is 15.8 Å². The minimum atomic E-state index is -0.179. The van der Waals surface area contributed by atoms with Crippen LogP contribution in [-0.2, 0) is 9.53 Å². The quantitative estimate of drug-likeness (QED) is 0.744. The molecule has 3 N–H and O–H groups in total. The molecule has 0 spiro atoms. The van der Waals surface area contributed by atoms with Gasteiger partial charge in [0.1, 0.15) is 5.75 Å². The van der Waals surface area contributed by atoms with E-state index in [4.69, 9.17) is 15.2 Å². The van der Waals surface area contributed by atoms with Crippen LogP contribution in [0.1, 0.15) is 12.5 Å². The van der Waals surface area contributed by atoms with Crippen molar-refractivity contribution in [2.75, 3.05) is 26.1 Å². The van der Waals surface area contributed by atoms with Crippen molar-refractivity contribution in [3.63, 3.8) is 0 Å². The van der Waals surface area contributed by atoms with Crippen molar-refractivity contribution in [2.45, 2.75) is 19.9 Å². The Labute approximate surface area is 107 Å². The summed E-state index contributed by atoms with van der Waals surface area (Å²) in [6.07, 6.45) is 0. The fourth-order valence-electron chi connectivity index (χ4n) is 1.54. The molecule has 1 aromatic rings.